The van der Waals surface area contributed by atoms with Gasteiger partial charge in [0.1, 0.15) is 6.54 Å². The summed E-state index contributed by atoms with van der Waals surface area (Å²) in [5, 5.41) is 0. The molecule has 1 heterocycles. The van der Waals surface area contributed by atoms with Crippen LogP contribution >= 0.6 is 0 Å². The largest absolute Gasteiger partial charge is 0.453 e. The lowest BCUT2D eigenvalue weighted by Gasteiger charge is -2.16. The van der Waals surface area contributed by atoms with Crippen molar-refractivity contribution in [3.05, 3.63) is 70.8 Å². The first kappa shape index (κ1) is 17.5. The van der Waals surface area contributed by atoms with Crippen LogP contribution < -0.4 is 0 Å². The van der Waals surface area contributed by atoms with Gasteiger partial charge in [-0.25, -0.2) is 0 Å². The minimum absolute atomic E-state index is 0.258. The number of carbonyl (C=O) groups is 4. The third-order valence-corrected chi connectivity index (χ3v) is 4.18. The maximum Gasteiger partial charge on any atom is 0.326 e. The van der Waals surface area contributed by atoms with E-state index in [1.807, 2.05) is 6.92 Å². The van der Waals surface area contributed by atoms with E-state index in [0.29, 0.717) is 5.56 Å². The number of hydrogen-bond acceptors (Lipinski definition) is 5. The number of rotatable bonds is 5. The molecule has 0 aromatic heterocycles. The van der Waals surface area contributed by atoms with E-state index in [1.54, 1.807) is 36.4 Å². The molecule has 0 radical (unpaired) electrons. The molecule has 0 bridgehead atoms. The van der Waals surface area contributed by atoms with Gasteiger partial charge in [-0.3, -0.25) is 24.1 Å². The normalized spacial score (nSPS) is 14.2. The molecule has 132 valence electrons. The minimum Gasteiger partial charge on any atom is -0.453 e. The molecule has 0 aliphatic carbocycles. The third kappa shape index (κ3) is 3.26. The van der Waals surface area contributed by atoms with Crippen LogP contribution in [0.25, 0.3) is 0 Å². The van der Waals surface area contributed by atoms with Crippen molar-refractivity contribution < 1.29 is 23.9 Å². The first-order chi connectivity index (χ1) is 12.4. The smallest absolute Gasteiger partial charge is 0.326 e. The number of nitrogens with zero attached hydrogens (tertiary/aromatic N) is 1. The first-order valence-corrected chi connectivity index (χ1v) is 8.14. The fraction of sp³-hybridized carbons (Fsp3) is 0.200. The molecule has 0 N–H and O–H groups in total. The van der Waals surface area contributed by atoms with Gasteiger partial charge in [0.15, 0.2) is 6.10 Å². The van der Waals surface area contributed by atoms with Crippen molar-refractivity contribution in [2.45, 2.75) is 20.0 Å². The molecule has 3 rings (SSSR count). The van der Waals surface area contributed by atoms with E-state index in [0.717, 1.165) is 10.5 Å². The van der Waals surface area contributed by atoms with Gasteiger partial charge in [0.2, 0.25) is 5.78 Å². The number of ketones is 1. The zero-order chi connectivity index (χ0) is 18.8. The van der Waals surface area contributed by atoms with Gasteiger partial charge in [-0.2, -0.15) is 0 Å². The molecule has 1 atom stereocenters. The molecule has 6 heteroatoms. The quantitative estimate of drug-likeness (QED) is 0.469. The van der Waals surface area contributed by atoms with Gasteiger partial charge in [0.05, 0.1) is 11.1 Å². The van der Waals surface area contributed by atoms with Crippen LogP contribution in [0, 0.1) is 6.92 Å². The molecule has 0 spiro atoms. The second kappa shape index (κ2) is 6.92. The molecular weight excluding hydrogens is 334 g/mol. The summed E-state index contributed by atoms with van der Waals surface area (Å²) in [6.45, 7) is 2.83. The topological polar surface area (TPSA) is 80.8 Å². The zero-order valence-corrected chi connectivity index (χ0v) is 14.4. The molecule has 0 saturated carbocycles. The average molecular weight is 351 g/mol. The summed E-state index contributed by atoms with van der Waals surface area (Å²) >= 11 is 0. The highest BCUT2D eigenvalue weighted by atomic mass is 16.5. The van der Waals surface area contributed by atoms with Crippen LogP contribution in [-0.2, 0) is 9.53 Å². The van der Waals surface area contributed by atoms with E-state index in [4.69, 9.17) is 4.74 Å². The highest BCUT2D eigenvalue weighted by Crippen LogP contribution is 2.22. The fourth-order valence-corrected chi connectivity index (χ4v) is 2.75. The number of ether oxygens (including phenoxy) is 1. The molecule has 2 aromatic carbocycles. The fourth-order valence-electron chi connectivity index (χ4n) is 2.75. The van der Waals surface area contributed by atoms with Crippen LogP contribution in [0.5, 0.6) is 0 Å². The lowest BCUT2D eigenvalue weighted by Crippen LogP contribution is -2.37. The lowest BCUT2D eigenvalue weighted by atomic mass is 10.1. The van der Waals surface area contributed by atoms with Gasteiger partial charge >= 0.3 is 5.97 Å². The number of Topliss-reactive ketones (excluding diaryl/α,β-unsaturated/α-hetero) is 1. The molecule has 2 amide bonds. The number of benzene rings is 2. The summed E-state index contributed by atoms with van der Waals surface area (Å²) in [6.07, 6.45) is -1.01. The second-order valence-electron chi connectivity index (χ2n) is 6.10. The summed E-state index contributed by atoms with van der Waals surface area (Å²) in [6, 6.07) is 13.3. The molecule has 0 saturated heterocycles. The van der Waals surface area contributed by atoms with E-state index in [9.17, 15) is 19.2 Å². The van der Waals surface area contributed by atoms with E-state index < -0.39 is 30.4 Å². The first-order valence-electron chi connectivity index (χ1n) is 8.14. The Morgan fingerprint density at radius 2 is 1.50 bits per heavy atom. The van der Waals surface area contributed by atoms with Crippen molar-refractivity contribution in [3.8, 4) is 0 Å². The Bertz CT molecular complexity index is 866. The Morgan fingerprint density at radius 3 is 2.04 bits per heavy atom. The van der Waals surface area contributed by atoms with Crippen molar-refractivity contribution >= 4 is 23.6 Å². The second-order valence-corrected chi connectivity index (χ2v) is 6.10. The van der Waals surface area contributed by atoms with Crippen molar-refractivity contribution in [2.75, 3.05) is 6.54 Å². The molecule has 1 aliphatic heterocycles. The highest BCUT2D eigenvalue weighted by Gasteiger charge is 2.37. The van der Waals surface area contributed by atoms with Gasteiger partial charge < -0.3 is 4.74 Å². The van der Waals surface area contributed by atoms with E-state index in [2.05, 4.69) is 0 Å². The van der Waals surface area contributed by atoms with Crippen molar-refractivity contribution in [2.24, 2.45) is 0 Å². The predicted molar refractivity (Wildman–Crippen MR) is 92.9 cm³/mol. The molecule has 0 unspecified atom stereocenters. The van der Waals surface area contributed by atoms with Gasteiger partial charge in [-0.1, -0.05) is 42.0 Å². The Morgan fingerprint density at radius 1 is 0.962 bits per heavy atom. The molecule has 6 nitrogen and oxygen atoms in total. The van der Waals surface area contributed by atoms with Crippen LogP contribution in [0.2, 0.25) is 0 Å². The predicted octanol–water partition coefficient (Wildman–Crippen LogP) is 2.41. The number of hydrogen-bond donors (Lipinski definition) is 0. The van der Waals surface area contributed by atoms with Gasteiger partial charge in [0.25, 0.3) is 11.8 Å². The van der Waals surface area contributed by atoms with Crippen molar-refractivity contribution in [1.29, 1.82) is 0 Å². The lowest BCUT2D eigenvalue weighted by molar-refractivity contribution is -0.146. The van der Waals surface area contributed by atoms with Crippen LogP contribution in [-0.4, -0.2) is 41.1 Å². The van der Waals surface area contributed by atoms with Gasteiger partial charge in [-0.15, -0.1) is 0 Å². The van der Waals surface area contributed by atoms with Crippen LogP contribution in [0.15, 0.2) is 48.5 Å². The highest BCUT2D eigenvalue weighted by molar-refractivity contribution is 6.22. The summed E-state index contributed by atoms with van der Waals surface area (Å²) in [5.74, 6) is -2.24. The minimum atomic E-state index is -1.01. The maximum absolute atomic E-state index is 12.3. The molecule has 26 heavy (non-hydrogen) atoms. The van der Waals surface area contributed by atoms with Crippen LogP contribution in [0.4, 0.5) is 0 Å². The average Bonchev–Trinajstić information content (AvgIpc) is 2.87. The summed E-state index contributed by atoms with van der Waals surface area (Å²) in [4.78, 5) is 49.8. The van der Waals surface area contributed by atoms with Gasteiger partial charge in [-0.05, 0) is 26.0 Å². The van der Waals surface area contributed by atoms with Crippen LogP contribution in [0.3, 0.4) is 0 Å². The number of carbonyl (C=O) groups excluding carboxylic acids is 4. The number of imide groups is 1. The molecule has 2 aromatic rings. The summed E-state index contributed by atoms with van der Waals surface area (Å²) in [7, 11) is 0. The van der Waals surface area contributed by atoms with Crippen molar-refractivity contribution in [1.82, 2.24) is 4.90 Å². The number of amides is 2. The molecular formula is C20H17NO5. The van der Waals surface area contributed by atoms with E-state index in [1.165, 1.54) is 19.1 Å². The third-order valence-electron chi connectivity index (χ3n) is 4.18. The summed E-state index contributed by atoms with van der Waals surface area (Å²) in [5.41, 5.74) is 1.96. The maximum atomic E-state index is 12.3. The number of aryl methyl sites for hydroxylation is 1. The SMILES string of the molecule is Cc1ccc(C(=O)[C@@H](C)OC(=O)CN2C(=O)c3ccccc3C2=O)cc1. The molecule has 0 fully saturated rings. The monoisotopic (exact) mass is 351 g/mol. The van der Waals surface area contributed by atoms with Crippen molar-refractivity contribution in [3.63, 3.8) is 0 Å². The Balaban J connectivity index is 1.64. The van der Waals surface area contributed by atoms with Gasteiger partial charge in [0, 0.05) is 5.56 Å². The Labute approximate surface area is 150 Å². The Hall–Kier alpha value is -3.28. The number of fused-ring (bicyclic) bond motifs is 1. The summed E-state index contributed by atoms with van der Waals surface area (Å²) < 4.78 is 5.12. The standard InChI is InChI=1S/C20H17NO5/c1-12-7-9-14(10-8-12)18(23)13(2)26-17(22)11-21-19(24)15-5-3-4-6-16(15)20(21)25/h3-10,13H,11H2,1-2H3/t13-/m1/s1. The van der Waals surface area contributed by atoms with Crippen LogP contribution in [0.1, 0.15) is 43.6 Å². The zero-order valence-electron chi connectivity index (χ0n) is 14.4. The van der Waals surface area contributed by atoms with E-state index >= 15 is 0 Å². The van der Waals surface area contributed by atoms with E-state index in [-0.39, 0.29) is 16.9 Å². The Kier molecular flexibility index (Phi) is 4.67. The molecule has 1 aliphatic rings. The number of esters is 1.